The minimum absolute atomic E-state index is 0.670. The first-order valence-corrected chi connectivity index (χ1v) is 5.18. The fourth-order valence-corrected chi connectivity index (χ4v) is 1.47. The second-order valence-corrected chi connectivity index (χ2v) is 3.60. The quantitative estimate of drug-likeness (QED) is 0.803. The molecule has 0 aromatic carbocycles. The average Bonchev–Trinajstić information content (AvgIpc) is 2.67. The van der Waals surface area contributed by atoms with E-state index in [1.54, 1.807) is 10.9 Å². The van der Waals surface area contributed by atoms with Gasteiger partial charge in [-0.25, -0.2) is 4.98 Å². The summed E-state index contributed by atoms with van der Waals surface area (Å²) in [5.74, 6) is 0.735. The van der Waals surface area contributed by atoms with Crippen molar-refractivity contribution in [2.24, 2.45) is 7.05 Å². The van der Waals surface area contributed by atoms with Gasteiger partial charge in [0.15, 0.2) is 0 Å². The van der Waals surface area contributed by atoms with Crippen LogP contribution in [0.4, 0.5) is 11.5 Å². The number of hydrogen-bond donors (Lipinski definition) is 2. The van der Waals surface area contributed by atoms with Crippen molar-refractivity contribution >= 4 is 11.5 Å². The van der Waals surface area contributed by atoms with E-state index < -0.39 is 0 Å². The van der Waals surface area contributed by atoms with Crippen molar-refractivity contribution in [1.82, 2.24) is 14.8 Å². The van der Waals surface area contributed by atoms with Crippen molar-refractivity contribution in [3.05, 3.63) is 36.3 Å². The highest BCUT2D eigenvalue weighted by Gasteiger charge is 1.99. The Hall–Kier alpha value is -2.04. The maximum absolute atomic E-state index is 5.76. The summed E-state index contributed by atoms with van der Waals surface area (Å²) in [5, 5.41) is 7.47. The summed E-state index contributed by atoms with van der Waals surface area (Å²) in [7, 11) is 1.91. The number of aryl methyl sites for hydroxylation is 1. The fourth-order valence-electron chi connectivity index (χ4n) is 1.47. The number of anilines is 2. The highest BCUT2D eigenvalue weighted by Crippen LogP contribution is 2.12. The molecule has 0 saturated heterocycles. The minimum Gasteiger partial charge on any atom is -0.396 e. The largest absolute Gasteiger partial charge is 0.396 e. The first kappa shape index (κ1) is 10.5. The zero-order valence-corrected chi connectivity index (χ0v) is 9.22. The normalized spacial score (nSPS) is 10.3. The summed E-state index contributed by atoms with van der Waals surface area (Å²) in [6.45, 7) is 0.776. The van der Waals surface area contributed by atoms with E-state index >= 15 is 0 Å². The molecule has 16 heavy (non-hydrogen) atoms. The summed E-state index contributed by atoms with van der Waals surface area (Å²) >= 11 is 0. The molecule has 0 fully saturated rings. The van der Waals surface area contributed by atoms with Crippen LogP contribution in [0.3, 0.4) is 0 Å². The predicted octanol–water partition coefficient (Wildman–Crippen LogP) is 1.05. The summed E-state index contributed by atoms with van der Waals surface area (Å²) < 4.78 is 1.80. The molecule has 2 aromatic heterocycles. The molecule has 5 heteroatoms. The van der Waals surface area contributed by atoms with Crippen LogP contribution in [-0.4, -0.2) is 21.3 Å². The number of hydrogen-bond acceptors (Lipinski definition) is 4. The van der Waals surface area contributed by atoms with Gasteiger partial charge in [-0.05, 0) is 18.2 Å². The van der Waals surface area contributed by atoms with Crippen LogP contribution in [0.15, 0.2) is 30.6 Å². The van der Waals surface area contributed by atoms with E-state index in [2.05, 4.69) is 15.4 Å². The van der Waals surface area contributed by atoms with Crippen LogP contribution >= 0.6 is 0 Å². The van der Waals surface area contributed by atoms with Crippen LogP contribution in [0.25, 0.3) is 0 Å². The van der Waals surface area contributed by atoms with E-state index in [0.29, 0.717) is 5.69 Å². The molecular formula is C11H15N5. The van der Waals surface area contributed by atoms with E-state index in [1.165, 1.54) is 0 Å². The number of nitrogen functional groups attached to an aromatic ring is 1. The van der Waals surface area contributed by atoms with E-state index in [1.807, 2.05) is 31.4 Å². The summed E-state index contributed by atoms with van der Waals surface area (Å²) in [5.41, 5.74) is 7.49. The smallest absolute Gasteiger partial charge is 0.149 e. The zero-order chi connectivity index (χ0) is 11.4. The molecule has 2 aromatic rings. The van der Waals surface area contributed by atoms with Crippen LogP contribution in [0.5, 0.6) is 0 Å². The second-order valence-electron chi connectivity index (χ2n) is 3.60. The number of pyridine rings is 1. The molecule has 0 unspecified atom stereocenters. The summed E-state index contributed by atoms with van der Waals surface area (Å²) in [6.07, 6.45) is 4.51. The molecule has 0 spiro atoms. The van der Waals surface area contributed by atoms with Crippen molar-refractivity contribution in [2.45, 2.75) is 6.42 Å². The Morgan fingerprint density at radius 2 is 2.31 bits per heavy atom. The number of rotatable bonds is 4. The minimum atomic E-state index is 0.670. The lowest BCUT2D eigenvalue weighted by molar-refractivity contribution is 0.742. The Kier molecular flexibility index (Phi) is 3.05. The van der Waals surface area contributed by atoms with Gasteiger partial charge in [0.05, 0.1) is 11.4 Å². The van der Waals surface area contributed by atoms with Gasteiger partial charge >= 0.3 is 0 Å². The van der Waals surface area contributed by atoms with Gasteiger partial charge in [0, 0.05) is 32.4 Å². The van der Waals surface area contributed by atoms with Gasteiger partial charge in [0.1, 0.15) is 5.82 Å². The number of aromatic nitrogens is 3. The first-order valence-electron chi connectivity index (χ1n) is 5.18. The second kappa shape index (κ2) is 4.65. The number of nitrogens with zero attached hydrogens (tertiary/aromatic N) is 3. The Morgan fingerprint density at radius 3 is 3.00 bits per heavy atom. The molecule has 5 nitrogen and oxygen atoms in total. The summed E-state index contributed by atoms with van der Waals surface area (Å²) in [4.78, 5) is 4.15. The highest BCUT2D eigenvalue weighted by atomic mass is 15.2. The lowest BCUT2D eigenvalue weighted by atomic mass is 10.3. The van der Waals surface area contributed by atoms with Gasteiger partial charge in [-0.1, -0.05) is 0 Å². The Labute approximate surface area is 94.3 Å². The molecule has 0 radical (unpaired) electrons. The maximum atomic E-state index is 5.76. The van der Waals surface area contributed by atoms with E-state index in [4.69, 9.17) is 5.73 Å². The summed E-state index contributed by atoms with van der Waals surface area (Å²) in [6, 6.07) is 5.65. The molecule has 0 saturated carbocycles. The van der Waals surface area contributed by atoms with Gasteiger partial charge in [-0.15, -0.1) is 0 Å². The molecule has 0 aliphatic heterocycles. The third-order valence-corrected chi connectivity index (χ3v) is 2.28. The van der Waals surface area contributed by atoms with E-state index in [-0.39, 0.29) is 0 Å². The molecule has 0 bridgehead atoms. The molecule has 0 aliphatic rings. The molecule has 2 rings (SSSR count). The number of nitrogens with two attached hydrogens (primary N) is 1. The SMILES string of the molecule is Cn1ccc(CCNc2ncccc2N)n1. The molecule has 84 valence electrons. The molecule has 3 N–H and O–H groups in total. The van der Waals surface area contributed by atoms with E-state index in [0.717, 1.165) is 24.5 Å². The molecular weight excluding hydrogens is 202 g/mol. The Morgan fingerprint density at radius 1 is 1.44 bits per heavy atom. The van der Waals surface area contributed by atoms with Crippen molar-refractivity contribution < 1.29 is 0 Å². The lowest BCUT2D eigenvalue weighted by Crippen LogP contribution is -2.08. The van der Waals surface area contributed by atoms with Crippen LogP contribution in [0, 0.1) is 0 Å². The monoisotopic (exact) mass is 217 g/mol. The van der Waals surface area contributed by atoms with Gasteiger partial charge < -0.3 is 11.1 Å². The average molecular weight is 217 g/mol. The van der Waals surface area contributed by atoms with Crippen molar-refractivity contribution in [1.29, 1.82) is 0 Å². The lowest BCUT2D eigenvalue weighted by Gasteiger charge is -2.06. The third-order valence-electron chi connectivity index (χ3n) is 2.28. The topological polar surface area (TPSA) is 68.8 Å². The van der Waals surface area contributed by atoms with Crippen LogP contribution in [-0.2, 0) is 13.5 Å². The Bertz CT molecular complexity index is 463. The third kappa shape index (κ3) is 2.50. The van der Waals surface area contributed by atoms with Gasteiger partial charge in [-0.3, -0.25) is 4.68 Å². The van der Waals surface area contributed by atoms with Gasteiger partial charge in [0.2, 0.25) is 0 Å². The van der Waals surface area contributed by atoms with Crippen LogP contribution < -0.4 is 11.1 Å². The predicted molar refractivity (Wildman–Crippen MR) is 64.1 cm³/mol. The van der Waals surface area contributed by atoms with Crippen molar-refractivity contribution in [2.75, 3.05) is 17.6 Å². The molecule has 0 aliphatic carbocycles. The Balaban J connectivity index is 1.87. The van der Waals surface area contributed by atoms with Crippen molar-refractivity contribution in [3.63, 3.8) is 0 Å². The van der Waals surface area contributed by atoms with Gasteiger partial charge in [0.25, 0.3) is 0 Å². The van der Waals surface area contributed by atoms with Gasteiger partial charge in [-0.2, -0.15) is 5.10 Å². The molecule has 2 heterocycles. The van der Waals surface area contributed by atoms with Crippen LogP contribution in [0.1, 0.15) is 5.69 Å². The van der Waals surface area contributed by atoms with Crippen molar-refractivity contribution in [3.8, 4) is 0 Å². The zero-order valence-electron chi connectivity index (χ0n) is 9.22. The molecule has 0 amide bonds. The highest BCUT2D eigenvalue weighted by molar-refractivity contribution is 5.60. The maximum Gasteiger partial charge on any atom is 0.149 e. The van der Waals surface area contributed by atoms with E-state index in [9.17, 15) is 0 Å². The first-order chi connectivity index (χ1) is 7.75. The fraction of sp³-hybridized carbons (Fsp3) is 0.273. The van der Waals surface area contributed by atoms with Crippen LogP contribution in [0.2, 0.25) is 0 Å². The molecule has 0 atom stereocenters. The number of nitrogens with one attached hydrogen (secondary N) is 1. The standard InChI is InChI=1S/C11H15N5/c1-16-8-5-9(15-16)4-7-14-11-10(12)3-2-6-13-11/h2-3,5-6,8H,4,7,12H2,1H3,(H,13,14).